The fourth-order valence-electron chi connectivity index (χ4n) is 4.71. The van der Waals surface area contributed by atoms with E-state index in [0.717, 1.165) is 18.4 Å². The number of hydrogen-bond acceptors (Lipinski definition) is 3. The van der Waals surface area contributed by atoms with E-state index in [-0.39, 0.29) is 11.1 Å². The zero-order chi connectivity index (χ0) is 23.4. The molecule has 2 aromatic heterocycles. The van der Waals surface area contributed by atoms with Gasteiger partial charge in [0, 0.05) is 60.9 Å². The number of benzene rings is 2. The fourth-order valence-corrected chi connectivity index (χ4v) is 5.06. The van der Waals surface area contributed by atoms with Crippen LogP contribution in [0, 0.1) is 0 Å². The molecule has 0 aliphatic carbocycles. The van der Waals surface area contributed by atoms with Gasteiger partial charge in [-0.25, -0.2) is 13.6 Å². The minimum absolute atomic E-state index is 0.0632. The molecule has 9 heteroatoms. The van der Waals surface area contributed by atoms with Gasteiger partial charge in [-0.2, -0.15) is 5.10 Å². The van der Waals surface area contributed by atoms with E-state index in [1.807, 2.05) is 11.0 Å². The lowest BCUT2D eigenvalue weighted by molar-refractivity contribution is 0.0698. The molecule has 0 amide bonds. The summed E-state index contributed by atoms with van der Waals surface area (Å²) in [5.41, 5.74) is 4.14. The van der Waals surface area contributed by atoms with Crippen LogP contribution in [0.4, 0.5) is 20.2 Å². The molecule has 1 aliphatic rings. The van der Waals surface area contributed by atoms with Gasteiger partial charge in [-0.15, -0.1) is 0 Å². The Balaban J connectivity index is 1.69. The Kier molecular flexibility index (Phi) is 5.12. The van der Waals surface area contributed by atoms with Gasteiger partial charge in [0.2, 0.25) is 0 Å². The number of fused-ring (bicyclic) bond motifs is 2. The smallest absolute Gasteiger partial charge is 0.337 e. The number of carboxylic acids is 1. The predicted octanol–water partition coefficient (Wildman–Crippen LogP) is 5.95. The van der Waals surface area contributed by atoms with E-state index in [2.05, 4.69) is 5.10 Å². The average molecular weight is 471 g/mol. The molecule has 1 aliphatic heterocycles. The highest BCUT2D eigenvalue weighted by Gasteiger charge is 2.26. The van der Waals surface area contributed by atoms with Crippen LogP contribution in [-0.2, 0) is 20.5 Å². The van der Waals surface area contributed by atoms with Crippen LogP contribution in [0.3, 0.4) is 0 Å². The second-order valence-corrected chi connectivity index (χ2v) is 8.72. The van der Waals surface area contributed by atoms with E-state index in [1.165, 1.54) is 6.20 Å². The maximum Gasteiger partial charge on any atom is 0.337 e. The average Bonchev–Trinajstić information content (AvgIpc) is 3.35. The standard InChI is InChI=1S/C24H21ClF2N4O2/c1-29-12-19(24(32)33)17-7-15(8-20(25)22(17)29)31-5-3-4-13-6-16(14-10-28-30(2)11-14)18(23(26)27)9-21(13)31/h6-12,23H,3-5H2,1-2H3,(H,32,33). The van der Waals surface area contributed by atoms with E-state index in [9.17, 15) is 18.7 Å². The maximum absolute atomic E-state index is 14.1. The molecule has 5 rings (SSSR count). The number of aromatic nitrogens is 3. The predicted molar refractivity (Wildman–Crippen MR) is 124 cm³/mol. The van der Waals surface area contributed by atoms with Crippen molar-refractivity contribution >= 4 is 39.8 Å². The molecule has 170 valence electrons. The Morgan fingerprint density at radius 1 is 1.18 bits per heavy atom. The van der Waals surface area contributed by atoms with Gasteiger partial charge in [0.15, 0.2) is 0 Å². The molecule has 0 spiro atoms. The molecular formula is C24H21ClF2N4O2. The maximum atomic E-state index is 14.1. The number of aryl methyl sites for hydroxylation is 3. The summed E-state index contributed by atoms with van der Waals surface area (Å²) in [6.07, 6.45) is 3.76. The first-order valence-electron chi connectivity index (χ1n) is 10.5. The fraction of sp³-hybridized carbons (Fsp3) is 0.250. The Hall–Kier alpha value is -3.39. The molecule has 0 unspecified atom stereocenters. The molecule has 6 nitrogen and oxygen atoms in total. The first kappa shape index (κ1) is 21.5. The molecule has 0 atom stereocenters. The SMILES string of the molecule is Cn1cc(-c2cc3c(cc2C(F)F)N(c2cc(Cl)c4c(c2)c(C(=O)O)cn4C)CCC3)cn1. The summed E-state index contributed by atoms with van der Waals surface area (Å²) >= 11 is 6.55. The highest BCUT2D eigenvalue weighted by molar-refractivity contribution is 6.36. The van der Waals surface area contributed by atoms with Crippen LogP contribution in [0.5, 0.6) is 0 Å². The van der Waals surface area contributed by atoms with Gasteiger partial charge in [-0.05, 0) is 48.2 Å². The highest BCUT2D eigenvalue weighted by Crippen LogP contribution is 2.43. The molecule has 0 radical (unpaired) electrons. The van der Waals surface area contributed by atoms with Gasteiger partial charge in [0.25, 0.3) is 6.43 Å². The summed E-state index contributed by atoms with van der Waals surface area (Å²) in [6.45, 7) is 0.610. The Bertz CT molecular complexity index is 1410. The van der Waals surface area contributed by atoms with Crippen LogP contribution in [0.2, 0.25) is 5.02 Å². The Morgan fingerprint density at radius 3 is 2.64 bits per heavy atom. The van der Waals surface area contributed by atoms with Crippen LogP contribution in [0.15, 0.2) is 42.9 Å². The molecule has 2 aromatic carbocycles. The Labute approximate surface area is 193 Å². The zero-order valence-electron chi connectivity index (χ0n) is 18.0. The molecule has 3 heterocycles. The summed E-state index contributed by atoms with van der Waals surface area (Å²) in [5, 5.41) is 14.7. The zero-order valence-corrected chi connectivity index (χ0v) is 18.8. The number of rotatable bonds is 4. The Morgan fingerprint density at radius 2 is 1.97 bits per heavy atom. The van der Waals surface area contributed by atoms with Crippen molar-refractivity contribution in [3.63, 3.8) is 0 Å². The molecule has 0 saturated carbocycles. The highest BCUT2D eigenvalue weighted by atomic mass is 35.5. The largest absolute Gasteiger partial charge is 0.478 e. The number of anilines is 2. The third kappa shape index (κ3) is 3.54. The number of carbonyl (C=O) groups is 1. The molecule has 33 heavy (non-hydrogen) atoms. The summed E-state index contributed by atoms with van der Waals surface area (Å²) in [4.78, 5) is 13.7. The van der Waals surface area contributed by atoms with Gasteiger partial charge in [-0.1, -0.05) is 11.6 Å². The first-order chi connectivity index (χ1) is 15.7. The van der Waals surface area contributed by atoms with Crippen LogP contribution in [-0.4, -0.2) is 32.0 Å². The van der Waals surface area contributed by atoms with Crippen LogP contribution >= 0.6 is 11.6 Å². The summed E-state index contributed by atoms with van der Waals surface area (Å²) in [6, 6.07) is 6.91. The summed E-state index contributed by atoms with van der Waals surface area (Å²) < 4.78 is 31.5. The van der Waals surface area contributed by atoms with E-state index < -0.39 is 12.4 Å². The van der Waals surface area contributed by atoms with Crippen molar-refractivity contribution in [2.24, 2.45) is 14.1 Å². The van der Waals surface area contributed by atoms with Crippen LogP contribution in [0.25, 0.3) is 22.0 Å². The van der Waals surface area contributed by atoms with Gasteiger partial charge in [-0.3, -0.25) is 4.68 Å². The van der Waals surface area contributed by atoms with Gasteiger partial charge in [0.05, 0.1) is 22.3 Å². The number of nitrogens with zero attached hydrogens (tertiary/aromatic N) is 4. The van der Waals surface area contributed by atoms with Gasteiger partial charge >= 0.3 is 5.97 Å². The van der Waals surface area contributed by atoms with Gasteiger partial charge < -0.3 is 14.6 Å². The topological polar surface area (TPSA) is 63.3 Å². The first-order valence-corrected chi connectivity index (χ1v) is 10.9. The molecule has 0 fully saturated rings. The molecule has 0 bridgehead atoms. The van der Waals surface area contributed by atoms with E-state index >= 15 is 0 Å². The van der Waals surface area contributed by atoms with E-state index in [0.29, 0.717) is 45.0 Å². The number of aromatic carboxylic acids is 1. The number of hydrogen-bond donors (Lipinski definition) is 1. The number of alkyl halides is 2. The minimum Gasteiger partial charge on any atom is -0.478 e. The van der Waals surface area contributed by atoms with Crippen molar-refractivity contribution in [1.82, 2.24) is 14.3 Å². The minimum atomic E-state index is -2.66. The van der Waals surface area contributed by atoms with Crippen molar-refractivity contribution in [2.45, 2.75) is 19.3 Å². The molecule has 0 saturated heterocycles. The van der Waals surface area contributed by atoms with Gasteiger partial charge in [0.1, 0.15) is 0 Å². The molecule has 1 N–H and O–H groups in total. The molecule has 4 aromatic rings. The van der Waals surface area contributed by atoms with Crippen molar-refractivity contribution in [3.8, 4) is 11.1 Å². The second kappa shape index (κ2) is 7.88. The molecular weight excluding hydrogens is 450 g/mol. The van der Waals surface area contributed by atoms with Crippen LogP contribution < -0.4 is 4.90 Å². The van der Waals surface area contributed by atoms with Crippen molar-refractivity contribution in [1.29, 1.82) is 0 Å². The third-order valence-electron chi connectivity index (χ3n) is 6.18. The van der Waals surface area contributed by atoms with E-state index in [1.54, 1.807) is 53.9 Å². The normalized spacial score (nSPS) is 13.7. The van der Waals surface area contributed by atoms with E-state index in [4.69, 9.17) is 11.6 Å². The number of carboxylic acid groups (broad SMARTS) is 1. The van der Waals surface area contributed by atoms with Crippen molar-refractivity contribution in [2.75, 3.05) is 11.4 Å². The monoisotopic (exact) mass is 470 g/mol. The lowest BCUT2D eigenvalue weighted by Crippen LogP contribution is -2.25. The quantitative estimate of drug-likeness (QED) is 0.400. The lowest BCUT2D eigenvalue weighted by Gasteiger charge is -2.33. The van der Waals surface area contributed by atoms with Crippen LogP contribution in [0.1, 0.15) is 34.3 Å². The number of halogens is 3. The lowest BCUT2D eigenvalue weighted by atomic mass is 9.92. The third-order valence-corrected chi connectivity index (χ3v) is 6.46. The summed E-state index contributed by atoms with van der Waals surface area (Å²) in [7, 11) is 3.49. The summed E-state index contributed by atoms with van der Waals surface area (Å²) in [5.74, 6) is -1.05. The second-order valence-electron chi connectivity index (χ2n) is 8.31. The van der Waals surface area contributed by atoms with Crippen molar-refractivity contribution < 1.29 is 18.7 Å². The van der Waals surface area contributed by atoms with Crippen molar-refractivity contribution in [3.05, 3.63) is 64.6 Å².